The van der Waals surface area contributed by atoms with Crippen molar-refractivity contribution in [3.8, 4) is 6.07 Å². The Morgan fingerprint density at radius 3 is 2.82 bits per heavy atom. The zero-order valence-electron chi connectivity index (χ0n) is 8.97. The lowest BCUT2D eigenvalue weighted by molar-refractivity contribution is 1.25. The van der Waals surface area contributed by atoms with Crippen molar-refractivity contribution in [3.63, 3.8) is 0 Å². The predicted octanol–water partition coefficient (Wildman–Crippen LogP) is 3.78. The van der Waals surface area contributed by atoms with Crippen LogP contribution >= 0.6 is 11.6 Å². The Morgan fingerprint density at radius 2 is 2.06 bits per heavy atom. The van der Waals surface area contributed by atoms with Crippen LogP contribution in [0.5, 0.6) is 0 Å². The van der Waals surface area contributed by atoms with Gasteiger partial charge in [0.25, 0.3) is 0 Å². The lowest BCUT2D eigenvalue weighted by atomic mass is 10.1. The third-order valence-electron chi connectivity index (χ3n) is 2.25. The summed E-state index contributed by atoms with van der Waals surface area (Å²) in [7, 11) is 0. The first-order chi connectivity index (χ1) is 8.29. The summed E-state index contributed by atoms with van der Waals surface area (Å²) in [5, 5.41) is 9.59. The molecule has 0 unspecified atom stereocenters. The van der Waals surface area contributed by atoms with Gasteiger partial charge in [-0.3, -0.25) is 0 Å². The van der Waals surface area contributed by atoms with Gasteiger partial charge >= 0.3 is 0 Å². The van der Waals surface area contributed by atoms with Crippen molar-refractivity contribution in [2.75, 3.05) is 0 Å². The van der Waals surface area contributed by atoms with Crippen LogP contribution in [0.2, 0.25) is 5.02 Å². The van der Waals surface area contributed by atoms with Gasteiger partial charge in [0, 0.05) is 16.8 Å². The maximum absolute atomic E-state index is 8.89. The molecule has 0 aliphatic rings. The Bertz CT molecular complexity index is 597. The molecule has 0 saturated carbocycles. The van der Waals surface area contributed by atoms with E-state index in [1.807, 2.05) is 42.5 Å². The molecule has 0 aliphatic carbocycles. The first kappa shape index (κ1) is 11.4. The molecule has 0 bridgehead atoms. The summed E-state index contributed by atoms with van der Waals surface area (Å²) in [5.74, 6) is 0. The van der Waals surface area contributed by atoms with E-state index >= 15 is 0 Å². The summed E-state index contributed by atoms with van der Waals surface area (Å²) in [5.41, 5.74) is 2.21. The number of pyridine rings is 1. The molecule has 17 heavy (non-hydrogen) atoms. The van der Waals surface area contributed by atoms with E-state index in [1.54, 1.807) is 12.3 Å². The maximum atomic E-state index is 8.89. The van der Waals surface area contributed by atoms with Crippen molar-refractivity contribution in [2.45, 2.75) is 0 Å². The first-order valence-electron chi connectivity index (χ1n) is 5.08. The highest BCUT2D eigenvalue weighted by molar-refractivity contribution is 6.30. The van der Waals surface area contributed by atoms with Crippen LogP contribution in [-0.4, -0.2) is 4.98 Å². The van der Waals surface area contributed by atoms with E-state index < -0.39 is 0 Å². The topological polar surface area (TPSA) is 36.7 Å². The van der Waals surface area contributed by atoms with Crippen LogP contribution in [-0.2, 0) is 0 Å². The fourth-order valence-corrected chi connectivity index (χ4v) is 1.64. The van der Waals surface area contributed by atoms with Crippen molar-refractivity contribution < 1.29 is 0 Å². The van der Waals surface area contributed by atoms with Gasteiger partial charge in [0.1, 0.15) is 11.8 Å². The minimum atomic E-state index is 0.422. The van der Waals surface area contributed by atoms with E-state index in [2.05, 4.69) is 11.1 Å². The molecule has 2 rings (SSSR count). The summed E-state index contributed by atoms with van der Waals surface area (Å²) in [4.78, 5) is 3.99. The zero-order valence-corrected chi connectivity index (χ0v) is 9.72. The highest BCUT2D eigenvalue weighted by Gasteiger charge is 1.97. The summed E-state index contributed by atoms with van der Waals surface area (Å²) in [6, 6.07) is 13.2. The van der Waals surface area contributed by atoms with Gasteiger partial charge in [-0.2, -0.15) is 5.26 Å². The Hall–Kier alpha value is -2.11. The van der Waals surface area contributed by atoms with Crippen molar-refractivity contribution in [2.24, 2.45) is 0 Å². The number of hydrogen-bond acceptors (Lipinski definition) is 2. The molecular weight excluding hydrogens is 232 g/mol. The summed E-state index contributed by atoms with van der Waals surface area (Å²) in [6.07, 6.45) is 5.37. The highest BCUT2D eigenvalue weighted by Crippen LogP contribution is 2.14. The van der Waals surface area contributed by atoms with Crippen LogP contribution < -0.4 is 0 Å². The van der Waals surface area contributed by atoms with E-state index in [0.717, 1.165) is 11.1 Å². The van der Waals surface area contributed by atoms with Crippen molar-refractivity contribution in [1.82, 2.24) is 4.98 Å². The Labute approximate surface area is 105 Å². The zero-order chi connectivity index (χ0) is 12.1. The van der Waals surface area contributed by atoms with E-state index in [-0.39, 0.29) is 0 Å². The van der Waals surface area contributed by atoms with Crippen LogP contribution in [0.25, 0.3) is 12.2 Å². The normalized spacial score (nSPS) is 10.4. The molecule has 0 N–H and O–H groups in total. The van der Waals surface area contributed by atoms with Gasteiger partial charge in [-0.15, -0.1) is 0 Å². The number of benzene rings is 1. The molecule has 82 valence electrons. The molecule has 1 aromatic heterocycles. The second kappa shape index (κ2) is 5.29. The minimum Gasteiger partial charge on any atom is -0.245 e. The van der Waals surface area contributed by atoms with Gasteiger partial charge in [0.05, 0.1) is 0 Å². The molecule has 2 aromatic rings. The molecule has 0 amide bonds. The molecule has 3 heteroatoms. The fraction of sp³-hybridized carbons (Fsp3) is 0. The van der Waals surface area contributed by atoms with Gasteiger partial charge in [-0.25, -0.2) is 4.98 Å². The Balaban J connectivity index is 2.30. The smallest absolute Gasteiger partial charge is 0.147 e. The van der Waals surface area contributed by atoms with Crippen molar-refractivity contribution in [1.29, 1.82) is 5.26 Å². The average Bonchev–Trinajstić information content (AvgIpc) is 2.37. The standard InChI is InChI=1S/C14H9ClN2/c15-13-5-1-3-11(9-13)6-7-12-4-2-8-17-14(12)10-16/h1-9H. The summed E-state index contributed by atoms with van der Waals surface area (Å²) in [6.45, 7) is 0. The van der Waals surface area contributed by atoms with Gasteiger partial charge in [0.15, 0.2) is 0 Å². The third kappa shape index (κ3) is 2.93. The molecule has 0 saturated heterocycles. The molecule has 0 atom stereocenters. The molecule has 0 fully saturated rings. The van der Waals surface area contributed by atoms with Gasteiger partial charge < -0.3 is 0 Å². The minimum absolute atomic E-state index is 0.422. The molecule has 0 radical (unpaired) electrons. The predicted molar refractivity (Wildman–Crippen MR) is 69.3 cm³/mol. The second-order valence-electron chi connectivity index (χ2n) is 3.44. The molecule has 1 heterocycles. The quantitative estimate of drug-likeness (QED) is 0.801. The number of halogens is 1. The van der Waals surface area contributed by atoms with E-state index in [0.29, 0.717) is 10.7 Å². The van der Waals surface area contributed by atoms with E-state index in [4.69, 9.17) is 16.9 Å². The number of hydrogen-bond donors (Lipinski definition) is 0. The fourth-order valence-electron chi connectivity index (χ4n) is 1.44. The summed E-state index contributed by atoms with van der Waals surface area (Å²) < 4.78 is 0. The Morgan fingerprint density at radius 1 is 1.18 bits per heavy atom. The SMILES string of the molecule is N#Cc1ncccc1C=Cc1cccc(Cl)c1. The maximum Gasteiger partial charge on any atom is 0.147 e. The van der Waals surface area contributed by atoms with Crippen LogP contribution in [0, 0.1) is 11.3 Å². The number of nitriles is 1. The third-order valence-corrected chi connectivity index (χ3v) is 2.48. The number of rotatable bonds is 2. The van der Waals surface area contributed by atoms with Crippen molar-refractivity contribution >= 4 is 23.8 Å². The van der Waals surface area contributed by atoms with Crippen LogP contribution in [0.15, 0.2) is 42.6 Å². The molecule has 0 aliphatic heterocycles. The van der Waals surface area contributed by atoms with Crippen LogP contribution in [0.4, 0.5) is 0 Å². The Kier molecular flexibility index (Phi) is 3.54. The van der Waals surface area contributed by atoms with E-state index in [9.17, 15) is 0 Å². The molecular formula is C14H9ClN2. The van der Waals surface area contributed by atoms with Crippen LogP contribution in [0.3, 0.4) is 0 Å². The average molecular weight is 241 g/mol. The van der Waals surface area contributed by atoms with E-state index in [1.165, 1.54) is 0 Å². The highest BCUT2D eigenvalue weighted by atomic mass is 35.5. The molecule has 0 spiro atoms. The first-order valence-corrected chi connectivity index (χ1v) is 5.46. The molecule has 2 nitrogen and oxygen atoms in total. The van der Waals surface area contributed by atoms with Gasteiger partial charge in [-0.05, 0) is 23.8 Å². The molecule has 1 aromatic carbocycles. The lowest BCUT2D eigenvalue weighted by Crippen LogP contribution is -1.85. The largest absolute Gasteiger partial charge is 0.245 e. The number of nitrogens with zero attached hydrogens (tertiary/aromatic N) is 2. The summed E-state index contributed by atoms with van der Waals surface area (Å²) >= 11 is 5.89. The van der Waals surface area contributed by atoms with Gasteiger partial charge in [0.2, 0.25) is 0 Å². The van der Waals surface area contributed by atoms with Crippen molar-refractivity contribution in [3.05, 3.63) is 64.4 Å². The number of aromatic nitrogens is 1. The lowest BCUT2D eigenvalue weighted by Gasteiger charge is -1.96. The van der Waals surface area contributed by atoms with Gasteiger partial charge in [-0.1, -0.05) is 42.0 Å². The monoisotopic (exact) mass is 240 g/mol. The van der Waals surface area contributed by atoms with Crippen LogP contribution in [0.1, 0.15) is 16.8 Å². The second-order valence-corrected chi connectivity index (χ2v) is 3.88.